The van der Waals surface area contributed by atoms with Gasteiger partial charge in [0.1, 0.15) is 0 Å². The molecule has 0 spiro atoms. The molecule has 0 amide bonds. The van der Waals surface area contributed by atoms with Gasteiger partial charge >= 0.3 is 0 Å². The van der Waals surface area contributed by atoms with E-state index in [9.17, 15) is 0 Å². The zero-order valence-corrected chi connectivity index (χ0v) is 13.1. The molecule has 0 aromatic rings. The minimum atomic E-state index is 0. The first kappa shape index (κ1) is 19.2. The molecule has 0 heterocycles. The summed E-state index contributed by atoms with van der Waals surface area (Å²) in [5, 5.41) is 0. The van der Waals surface area contributed by atoms with Crippen molar-refractivity contribution in [3.8, 4) is 0 Å². The topological polar surface area (TPSA) is 3.24 Å². The fourth-order valence-corrected chi connectivity index (χ4v) is 1.68. The number of allylic oxidation sites excluding steroid dienone is 1. The molecule has 0 atom stereocenters. The summed E-state index contributed by atoms with van der Waals surface area (Å²) in [5.41, 5.74) is 0. The van der Waals surface area contributed by atoms with Gasteiger partial charge in [0.2, 0.25) is 0 Å². The van der Waals surface area contributed by atoms with E-state index in [4.69, 9.17) is 0 Å². The maximum Gasteiger partial charge on any atom is 0.0172 e. The molecular weight excluding hydrogens is 230 g/mol. The average Bonchev–Trinajstić information content (AvgIpc) is 2.25. The normalized spacial score (nSPS) is 10.9. The van der Waals surface area contributed by atoms with Crippen molar-refractivity contribution >= 4 is 12.4 Å². The molecule has 0 aromatic heterocycles. The summed E-state index contributed by atoms with van der Waals surface area (Å²) < 4.78 is 0. The van der Waals surface area contributed by atoms with E-state index in [1.807, 2.05) is 0 Å². The van der Waals surface area contributed by atoms with Gasteiger partial charge in [-0.3, -0.25) is 0 Å². The molecular formula is C15H32ClN. The summed E-state index contributed by atoms with van der Waals surface area (Å²) in [7, 11) is 0. The third-order valence-corrected chi connectivity index (χ3v) is 2.78. The summed E-state index contributed by atoms with van der Waals surface area (Å²) in [6.07, 6.45) is 12.7. The van der Waals surface area contributed by atoms with Crippen molar-refractivity contribution in [2.45, 2.75) is 66.2 Å². The number of hydrogen-bond donors (Lipinski definition) is 0. The van der Waals surface area contributed by atoms with Crippen molar-refractivity contribution in [3.05, 3.63) is 12.3 Å². The average molecular weight is 262 g/mol. The van der Waals surface area contributed by atoms with E-state index in [1.54, 1.807) is 0 Å². The molecule has 0 saturated carbocycles. The Kier molecular flexibility index (Phi) is 15.7. The van der Waals surface area contributed by atoms with Crippen LogP contribution < -0.4 is 0 Å². The lowest BCUT2D eigenvalue weighted by atomic mass is 10.2. The molecule has 0 unspecified atom stereocenters. The van der Waals surface area contributed by atoms with Crippen LogP contribution in [0.4, 0.5) is 0 Å². The number of nitrogens with zero attached hydrogens (tertiary/aromatic N) is 1. The van der Waals surface area contributed by atoms with Gasteiger partial charge in [-0.25, -0.2) is 0 Å². The molecule has 17 heavy (non-hydrogen) atoms. The van der Waals surface area contributed by atoms with Crippen molar-refractivity contribution in [2.24, 2.45) is 5.92 Å². The van der Waals surface area contributed by atoms with Crippen LogP contribution in [0.3, 0.4) is 0 Å². The van der Waals surface area contributed by atoms with Gasteiger partial charge in [-0.2, -0.15) is 0 Å². The van der Waals surface area contributed by atoms with Gasteiger partial charge in [-0.1, -0.05) is 59.5 Å². The highest BCUT2D eigenvalue weighted by Crippen LogP contribution is 2.05. The molecule has 0 aliphatic heterocycles. The Balaban J connectivity index is 0. The van der Waals surface area contributed by atoms with Crippen LogP contribution in [0.15, 0.2) is 12.3 Å². The molecule has 0 radical (unpaired) electrons. The summed E-state index contributed by atoms with van der Waals surface area (Å²) in [6.45, 7) is 11.5. The van der Waals surface area contributed by atoms with Crippen LogP contribution in [0.25, 0.3) is 0 Å². The van der Waals surface area contributed by atoms with Crippen molar-refractivity contribution in [1.82, 2.24) is 4.90 Å². The molecule has 0 aliphatic carbocycles. The minimum absolute atomic E-state index is 0. The van der Waals surface area contributed by atoms with E-state index in [0.717, 1.165) is 0 Å². The first-order valence-corrected chi connectivity index (χ1v) is 7.13. The summed E-state index contributed by atoms with van der Waals surface area (Å²) in [5.74, 6) is 0.667. The lowest BCUT2D eigenvalue weighted by Crippen LogP contribution is -2.20. The molecule has 0 rings (SSSR count). The first-order chi connectivity index (χ1) is 7.70. The Morgan fingerprint density at radius 1 is 0.882 bits per heavy atom. The number of halogens is 1. The van der Waals surface area contributed by atoms with Gasteiger partial charge in [-0.05, 0) is 25.0 Å². The highest BCUT2D eigenvalue weighted by molar-refractivity contribution is 5.85. The standard InChI is InChI=1S/C15H31N.ClH/c1-5-7-9-12-16(13-10-8-6-2)14-11-15(3)4;/h11,14-15H,5-10,12-13H2,1-4H3;1H/b14-11+;. The van der Waals surface area contributed by atoms with Crippen LogP contribution in [0.5, 0.6) is 0 Å². The summed E-state index contributed by atoms with van der Waals surface area (Å²) in [4.78, 5) is 2.51. The van der Waals surface area contributed by atoms with Gasteiger partial charge in [0.05, 0.1) is 0 Å². The molecule has 0 N–H and O–H groups in total. The van der Waals surface area contributed by atoms with Crippen LogP contribution in [0, 0.1) is 5.92 Å². The zero-order chi connectivity index (χ0) is 12.2. The molecule has 104 valence electrons. The van der Waals surface area contributed by atoms with Crippen molar-refractivity contribution < 1.29 is 0 Å². The van der Waals surface area contributed by atoms with Gasteiger partial charge in [0.15, 0.2) is 0 Å². The molecule has 0 aliphatic rings. The molecule has 0 saturated heterocycles. The second kappa shape index (κ2) is 13.9. The molecule has 2 heteroatoms. The summed E-state index contributed by atoms with van der Waals surface area (Å²) in [6, 6.07) is 0. The van der Waals surface area contributed by atoms with Crippen LogP contribution in [0.1, 0.15) is 66.2 Å². The van der Waals surface area contributed by atoms with Crippen molar-refractivity contribution in [1.29, 1.82) is 0 Å². The van der Waals surface area contributed by atoms with Crippen molar-refractivity contribution in [2.75, 3.05) is 13.1 Å². The maximum absolute atomic E-state index is 2.51. The zero-order valence-electron chi connectivity index (χ0n) is 12.2. The third kappa shape index (κ3) is 13.8. The lowest BCUT2D eigenvalue weighted by Gasteiger charge is -2.20. The van der Waals surface area contributed by atoms with E-state index in [-0.39, 0.29) is 12.4 Å². The molecule has 0 fully saturated rings. The van der Waals surface area contributed by atoms with Gasteiger partial charge in [0.25, 0.3) is 0 Å². The van der Waals surface area contributed by atoms with Crippen LogP contribution in [-0.4, -0.2) is 18.0 Å². The Morgan fingerprint density at radius 2 is 1.35 bits per heavy atom. The smallest absolute Gasteiger partial charge is 0.0172 e. The fraction of sp³-hybridized carbons (Fsp3) is 0.867. The molecule has 0 aromatic carbocycles. The third-order valence-electron chi connectivity index (χ3n) is 2.78. The van der Waals surface area contributed by atoms with Crippen LogP contribution >= 0.6 is 12.4 Å². The van der Waals surface area contributed by atoms with E-state index in [0.29, 0.717) is 5.92 Å². The van der Waals surface area contributed by atoms with E-state index < -0.39 is 0 Å². The Hall–Kier alpha value is -0.170. The second-order valence-corrected chi connectivity index (χ2v) is 5.04. The van der Waals surface area contributed by atoms with Crippen LogP contribution in [-0.2, 0) is 0 Å². The number of rotatable bonds is 10. The highest BCUT2D eigenvalue weighted by Gasteiger charge is 1.99. The van der Waals surface area contributed by atoms with Crippen LogP contribution in [0.2, 0.25) is 0 Å². The Labute approximate surface area is 115 Å². The first-order valence-electron chi connectivity index (χ1n) is 7.13. The largest absolute Gasteiger partial charge is 0.378 e. The predicted octanol–water partition coefficient (Wildman–Crippen LogP) is 5.26. The van der Waals surface area contributed by atoms with Gasteiger partial charge in [-0.15, -0.1) is 12.4 Å². The minimum Gasteiger partial charge on any atom is -0.378 e. The number of hydrogen-bond acceptors (Lipinski definition) is 1. The quantitative estimate of drug-likeness (QED) is 0.485. The van der Waals surface area contributed by atoms with Gasteiger partial charge in [0, 0.05) is 13.1 Å². The number of unbranched alkanes of at least 4 members (excludes halogenated alkanes) is 4. The molecule has 0 bridgehead atoms. The summed E-state index contributed by atoms with van der Waals surface area (Å²) >= 11 is 0. The van der Waals surface area contributed by atoms with Gasteiger partial charge < -0.3 is 4.90 Å². The fourth-order valence-electron chi connectivity index (χ4n) is 1.68. The second-order valence-electron chi connectivity index (χ2n) is 5.04. The maximum atomic E-state index is 2.51. The molecule has 1 nitrogen and oxygen atoms in total. The predicted molar refractivity (Wildman–Crippen MR) is 81.8 cm³/mol. The van der Waals surface area contributed by atoms with E-state index in [1.165, 1.54) is 51.6 Å². The lowest BCUT2D eigenvalue weighted by molar-refractivity contribution is 0.352. The van der Waals surface area contributed by atoms with E-state index in [2.05, 4.69) is 44.9 Å². The monoisotopic (exact) mass is 261 g/mol. The van der Waals surface area contributed by atoms with E-state index >= 15 is 0 Å². The Bertz CT molecular complexity index is 156. The Morgan fingerprint density at radius 3 is 1.71 bits per heavy atom. The highest BCUT2D eigenvalue weighted by atomic mass is 35.5. The van der Waals surface area contributed by atoms with Crippen molar-refractivity contribution in [3.63, 3.8) is 0 Å². The SMILES string of the molecule is CCCCCN(/C=C/C(C)C)CCCCC.Cl.